The van der Waals surface area contributed by atoms with Gasteiger partial charge in [-0.2, -0.15) is 0 Å². The Morgan fingerprint density at radius 3 is 2.50 bits per heavy atom. The van der Waals surface area contributed by atoms with E-state index < -0.39 is 5.97 Å². The fraction of sp³-hybridized carbons (Fsp3) is 0.133. The molecule has 0 aliphatic carbocycles. The molecular formula is C15H14O2S. The molecular weight excluding hydrogens is 244 g/mol. The smallest absolute Gasteiger partial charge is 0.335 e. The number of hydrogen-bond donors (Lipinski definition) is 1. The first-order valence-corrected chi connectivity index (χ1v) is 6.65. The van der Waals surface area contributed by atoms with E-state index in [2.05, 4.69) is 25.1 Å². The molecule has 0 unspecified atom stereocenters. The quantitative estimate of drug-likeness (QED) is 0.843. The Morgan fingerprint density at radius 1 is 1.17 bits per heavy atom. The summed E-state index contributed by atoms with van der Waals surface area (Å²) in [4.78, 5) is 12.0. The van der Waals surface area contributed by atoms with Crippen LogP contribution in [0.5, 0.6) is 0 Å². The van der Waals surface area contributed by atoms with Gasteiger partial charge < -0.3 is 5.11 Å². The first kappa shape index (κ1) is 12.7. The maximum atomic E-state index is 10.7. The number of carboxylic acids is 1. The van der Waals surface area contributed by atoms with Gasteiger partial charge in [0.05, 0.1) is 5.56 Å². The Hall–Kier alpha value is -1.74. The van der Waals surface area contributed by atoms with Crippen LogP contribution in [-0.4, -0.2) is 11.1 Å². The molecule has 1 N–H and O–H groups in total. The van der Waals surface area contributed by atoms with Crippen molar-refractivity contribution in [2.45, 2.75) is 17.6 Å². The third kappa shape index (κ3) is 3.37. The van der Waals surface area contributed by atoms with Crippen molar-refractivity contribution in [1.82, 2.24) is 0 Å². The third-order valence-electron chi connectivity index (χ3n) is 2.60. The predicted octanol–water partition coefficient (Wildman–Crippen LogP) is 3.99. The van der Waals surface area contributed by atoms with Crippen LogP contribution in [0.3, 0.4) is 0 Å². The minimum Gasteiger partial charge on any atom is -0.478 e. The standard InChI is InChI=1S/C15H14O2S/c1-11-3-2-4-14(9-11)18-10-12-5-7-13(8-6-12)15(16)17/h2-9H,10H2,1H3,(H,16,17). The first-order valence-electron chi connectivity index (χ1n) is 5.67. The van der Waals surface area contributed by atoms with Crippen LogP contribution in [0.15, 0.2) is 53.4 Å². The van der Waals surface area contributed by atoms with E-state index in [4.69, 9.17) is 5.11 Å². The average molecular weight is 258 g/mol. The minimum absolute atomic E-state index is 0.333. The van der Waals surface area contributed by atoms with Gasteiger partial charge in [-0.15, -0.1) is 11.8 Å². The minimum atomic E-state index is -0.882. The summed E-state index contributed by atoms with van der Waals surface area (Å²) in [6.45, 7) is 2.08. The Bertz CT molecular complexity index is 547. The number of benzene rings is 2. The van der Waals surface area contributed by atoms with Crippen LogP contribution in [0.4, 0.5) is 0 Å². The lowest BCUT2D eigenvalue weighted by atomic mass is 10.1. The average Bonchev–Trinajstić information content (AvgIpc) is 2.37. The van der Waals surface area contributed by atoms with E-state index in [1.54, 1.807) is 23.9 Å². The lowest BCUT2D eigenvalue weighted by Crippen LogP contribution is -1.95. The van der Waals surface area contributed by atoms with Crippen LogP contribution in [0.2, 0.25) is 0 Å². The number of carbonyl (C=O) groups is 1. The second kappa shape index (κ2) is 5.74. The highest BCUT2D eigenvalue weighted by Crippen LogP contribution is 2.23. The molecule has 0 aliphatic rings. The van der Waals surface area contributed by atoms with Gasteiger partial charge in [-0.3, -0.25) is 0 Å². The zero-order chi connectivity index (χ0) is 13.0. The van der Waals surface area contributed by atoms with Gasteiger partial charge in [0.1, 0.15) is 0 Å². The predicted molar refractivity (Wildman–Crippen MR) is 74.1 cm³/mol. The number of hydrogen-bond acceptors (Lipinski definition) is 2. The molecule has 0 aliphatic heterocycles. The van der Waals surface area contributed by atoms with E-state index in [9.17, 15) is 4.79 Å². The lowest BCUT2D eigenvalue weighted by Gasteiger charge is -2.03. The van der Waals surface area contributed by atoms with Crippen LogP contribution in [0, 0.1) is 6.92 Å². The van der Waals surface area contributed by atoms with Crippen molar-refractivity contribution in [2.75, 3.05) is 0 Å². The van der Waals surface area contributed by atoms with E-state index in [-0.39, 0.29) is 0 Å². The monoisotopic (exact) mass is 258 g/mol. The van der Waals surface area contributed by atoms with Gasteiger partial charge in [-0.25, -0.2) is 4.79 Å². The van der Waals surface area contributed by atoms with E-state index in [1.807, 2.05) is 18.2 Å². The summed E-state index contributed by atoms with van der Waals surface area (Å²) in [5.74, 6) is -0.0310. The van der Waals surface area contributed by atoms with Crippen molar-refractivity contribution in [3.63, 3.8) is 0 Å². The van der Waals surface area contributed by atoms with Gasteiger partial charge in [-0.1, -0.05) is 29.8 Å². The number of thioether (sulfide) groups is 1. The van der Waals surface area contributed by atoms with Crippen LogP contribution in [0.25, 0.3) is 0 Å². The Labute approximate surface area is 111 Å². The summed E-state index contributed by atoms with van der Waals surface area (Å²) < 4.78 is 0. The van der Waals surface area contributed by atoms with Gasteiger partial charge in [-0.05, 0) is 36.8 Å². The number of rotatable bonds is 4. The molecule has 2 aromatic rings. The number of carboxylic acid groups (broad SMARTS) is 1. The Kier molecular flexibility index (Phi) is 4.05. The highest BCUT2D eigenvalue weighted by molar-refractivity contribution is 7.98. The second-order valence-electron chi connectivity index (χ2n) is 4.11. The highest BCUT2D eigenvalue weighted by Gasteiger charge is 2.02. The van der Waals surface area contributed by atoms with E-state index in [0.717, 1.165) is 11.3 Å². The van der Waals surface area contributed by atoms with Crippen LogP contribution in [0.1, 0.15) is 21.5 Å². The molecule has 0 atom stereocenters. The van der Waals surface area contributed by atoms with Crippen molar-refractivity contribution >= 4 is 17.7 Å². The molecule has 2 aromatic carbocycles. The zero-order valence-electron chi connectivity index (χ0n) is 10.1. The van der Waals surface area contributed by atoms with Gasteiger partial charge in [0.15, 0.2) is 0 Å². The number of aromatic carboxylic acids is 1. The number of aryl methyl sites for hydroxylation is 1. The maximum Gasteiger partial charge on any atom is 0.335 e. The summed E-state index contributed by atoms with van der Waals surface area (Å²) in [5, 5.41) is 8.81. The second-order valence-corrected chi connectivity index (χ2v) is 5.16. The topological polar surface area (TPSA) is 37.3 Å². The molecule has 0 saturated heterocycles. The molecule has 0 amide bonds. The van der Waals surface area contributed by atoms with E-state index in [1.165, 1.54) is 10.5 Å². The normalized spacial score (nSPS) is 10.3. The summed E-state index contributed by atoms with van der Waals surface area (Å²) in [7, 11) is 0. The Morgan fingerprint density at radius 2 is 1.89 bits per heavy atom. The maximum absolute atomic E-state index is 10.7. The molecule has 0 radical (unpaired) electrons. The zero-order valence-corrected chi connectivity index (χ0v) is 10.9. The molecule has 18 heavy (non-hydrogen) atoms. The van der Waals surface area contributed by atoms with Gasteiger partial charge >= 0.3 is 5.97 Å². The van der Waals surface area contributed by atoms with Crippen LogP contribution < -0.4 is 0 Å². The summed E-state index contributed by atoms with van der Waals surface area (Å²) >= 11 is 1.75. The highest BCUT2D eigenvalue weighted by atomic mass is 32.2. The SMILES string of the molecule is Cc1cccc(SCc2ccc(C(=O)O)cc2)c1. The first-order chi connectivity index (χ1) is 8.65. The molecule has 0 spiro atoms. The fourth-order valence-corrected chi connectivity index (χ4v) is 2.59. The largest absolute Gasteiger partial charge is 0.478 e. The van der Waals surface area contributed by atoms with E-state index in [0.29, 0.717) is 5.56 Å². The van der Waals surface area contributed by atoms with Gasteiger partial charge in [0.2, 0.25) is 0 Å². The molecule has 0 saturated carbocycles. The van der Waals surface area contributed by atoms with Crippen molar-refractivity contribution in [2.24, 2.45) is 0 Å². The van der Waals surface area contributed by atoms with Gasteiger partial charge in [0, 0.05) is 10.6 Å². The van der Waals surface area contributed by atoms with Crippen LogP contribution >= 0.6 is 11.8 Å². The molecule has 2 nitrogen and oxygen atoms in total. The van der Waals surface area contributed by atoms with Crippen LogP contribution in [-0.2, 0) is 5.75 Å². The van der Waals surface area contributed by atoms with Crippen molar-refractivity contribution in [3.8, 4) is 0 Å². The Balaban J connectivity index is 2.00. The summed E-state index contributed by atoms with van der Waals surface area (Å²) in [5.41, 5.74) is 2.71. The molecule has 0 fully saturated rings. The fourth-order valence-electron chi connectivity index (χ4n) is 1.62. The molecule has 0 heterocycles. The lowest BCUT2D eigenvalue weighted by molar-refractivity contribution is 0.0697. The molecule has 0 bridgehead atoms. The van der Waals surface area contributed by atoms with Gasteiger partial charge in [0.25, 0.3) is 0 Å². The van der Waals surface area contributed by atoms with E-state index >= 15 is 0 Å². The van der Waals surface area contributed by atoms with Crippen molar-refractivity contribution in [3.05, 3.63) is 65.2 Å². The summed E-state index contributed by atoms with van der Waals surface area (Å²) in [6, 6.07) is 15.4. The molecule has 2 rings (SSSR count). The van der Waals surface area contributed by atoms with Crippen molar-refractivity contribution < 1.29 is 9.90 Å². The molecule has 0 aromatic heterocycles. The summed E-state index contributed by atoms with van der Waals surface area (Å²) in [6.07, 6.45) is 0. The molecule has 92 valence electrons. The third-order valence-corrected chi connectivity index (χ3v) is 3.66. The molecule has 3 heteroatoms. The van der Waals surface area contributed by atoms with Crippen molar-refractivity contribution in [1.29, 1.82) is 0 Å².